The average Bonchev–Trinajstić information content (AvgIpc) is 2.38. The molecule has 83 heavy (non-hydrogen) atoms. The molecule has 0 saturated heterocycles. The largest absolute Gasteiger partial charge is 0.310 e. The Bertz CT molecular complexity index is 4040. The van der Waals surface area contributed by atoms with Crippen LogP contribution in [-0.2, 0) is 43.3 Å². The standard InChI is InChI=1S/C78H91BN4/c1-71(2,3)47-31-44(32-48(37-47)72(4,5)6)53-25-27-57-69-64(53)66-55(77(19,20)21)39-51(75(13,14)15)41-60(66)82(69)62-35-46(59-29-30-80-43-81-59)36-63-68(62)79(57)58-28-26-54(45-33-49(73(7,8)9)38-50(34-45)74(10,11)12)65-67-56(78(22,23)24)40-52(76(16,17)18)42-61(67)83(63)70(58)65/h25-43H,1-24H3. The van der Waals surface area contributed by atoms with Gasteiger partial charge in [0.15, 0.2) is 0 Å². The van der Waals surface area contributed by atoms with Crippen LogP contribution in [0.4, 0.5) is 0 Å². The maximum Gasteiger partial charge on any atom is 0.252 e. The summed E-state index contributed by atoms with van der Waals surface area (Å²) in [5, 5.41) is 5.37. The first-order valence-corrected chi connectivity index (χ1v) is 30.8. The van der Waals surface area contributed by atoms with E-state index in [-0.39, 0.29) is 50.0 Å². The molecule has 5 heteroatoms. The van der Waals surface area contributed by atoms with Gasteiger partial charge in [0.05, 0.1) is 27.8 Å². The van der Waals surface area contributed by atoms with Crippen molar-refractivity contribution in [3.05, 3.63) is 160 Å². The fraction of sp³-hybridized carbons (Fsp3) is 0.410. The van der Waals surface area contributed by atoms with Gasteiger partial charge in [0.25, 0.3) is 6.71 Å². The van der Waals surface area contributed by atoms with Crippen molar-refractivity contribution in [1.82, 2.24) is 19.1 Å². The quantitative estimate of drug-likeness (QED) is 0.165. The van der Waals surface area contributed by atoms with E-state index in [9.17, 15) is 0 Å². The Kier molecular flexibility index (Phi) is 12.2. The zero-order valence-electron chi connectivity index (χ0n) is 54.8. The van der Waals surface area contributed by atoms with Gasteiger partial charge in [-0.15, -0.1) is 0 Å². The molecule has 5 heterocycles. The van der Waals surface area contributed by atoms with Gasteiger partial charge in [-0.1, -0.05) is 239 Å². The SMILES string of the molecule is CC(C)(C)c1cc(-c2ccc3c4c2c2c(C(C)(C)C)cc(C(C)(C)C)cc2n4-c2cc(-c4ccncn4)cc4c2B3c2ccc(-c3cc(C(C)(C)C)cc(C(C)(C)C)c3)c3c5c(C(C)(C)C)cc(C(C)(C)C)cc5n-4c23)cc(C(C)(C)C)c1. The maximum absolute atomic E-state index is 5.07. The van der Waals surface area contributed by atoms with E-state index in [1.54, 1.807) is 6.33 Å². The molecule has 0 bridgehead atoms. The van der Waals surface area contributed by atoms with Crippen molar-refractivity contribution >= 4 is 66.7 Å². The molecular formula is C78H91BN4. The first kappa shape index (κ1) is 56.8. The van der Waals surface area contributed by atoms with E-state index in [1.807, 2.05) is 6.20 Å². The molecule has 7 aromatic carbocycles. The first-order chi connectivity index (χ1) is 38.2. The summed E-state index contributed by atoms with van der Waals surface area (Å²) in [5.74, 6) is 0. The van der Waals surface area contributed by atoms with Crippen molar-refractivity contribution in [2.24, 2.45) is 0 Å². The fourth-order valence-corrected chi connectivity index (χ4v) is 13.7. The number of nitrogens with zero attached hydrogens (tertiary/aromatic N) is 4. The summed E-state index contributed by atoms with van der Waals surface area (Å²) in [6.07, 6.45) is 3.61. The van der Waals surface area contributed by atoms with Crippen LogP contribution in [0.25, 0.3) is 88.5 Å². The van der Waals surface area contributed by atoms with Crippen LogP contribution < -0.4 is 16.4 Å². The van der Waals surface area contributed by atoms with Crippen LogP contribution in [-0.4, -0.2) is 25.8 Å². The van der Waals surface area contributed by atoms with Gasteiger partial charge in [-0.2, -0.15) is 0 Å². The molecule has 10 aromatic rings. The van der Waals surface area contributed by atoms with Gasteiger partial charge in [0, 0.05) is 44.7 Å². The fourth-order valence-electron chi connectivity index (χ4n) is 13.7. The first-order valence-electron chi connectivity index (χ1n) is 30.8. The molecule has 2 aliphatic heterocycles. The second-order valence-corrected chi connectivity index (χ2v) is 33.4. The number of benzene rings is 7. The summed E-state index contributed by atoms with van der Waals surface area (Å²) in [5.41, 5.74) is 28.8. The molecule has 4 nitrogen and oxygen atoms in total. The summed E-state index contributed by atoms with van der Waals surface area (Å²) >= 11 is 0. The van der Waals surface area contributed by atoms with E-state index in [2.05, 4.69) is 283 Å². The highest BCUT2D eigenvalue weighted by molar-refractivity contribution is 7.00. The second-order valence-electron chi connectivity index (χ2n) is 33.4. The van der Waals surface area contributed by atoms with E-state index in [0.717, 1.165) is 11.3 Å². The van der Waals surface area contributed by atoms with Crippen LogP contribution in [0.5, 0.6) is 0 Å². The van der Waals surface area contributed by atoms with Crippen molar-refractivity contribution < 1.29 is 0 Å². The molecule has 0 saturated carbocycles. The highest BCUT2D eigenvalue weighted by Gasteiger charge is 2.44. The Morgan fingerprint density at radius 2 is 0.687 bits per heavy atom. The minimum atomic E-state index is -0.181. The third kappa shape index (κ3) is 9.06. The minimum absolute atomic E-state index is 0.0552. The Hall–Kier alpha value is -6.72. The van der Waals surface area contributed by atoms with Crippen molar-refractivity contribution in [2.45, 2.75) is 209 Å². The third-order valence-electron chi connectivity index (χ3n) is 18.8. The number of aromatic nitrogens is 4. The zero-order chi connectivity index (χ0) is 60.2. The van der Waals surface area contributed by atoms with Gasteiger partial charge in [-0.3, -0.25) is 0 Å². The summed E-state index contributed by atoms with van der Waals surface area (Å²) in [6.45, 7) is 57.1. The highest BCUT2D eigenvalue weighted by atomic mass is 15.0. The van der Waals surface area contributed by atoms with Crippen molar-refractivity contribution in [2.75, 3.05) is 0 Å². The molecule has 0 aliphatic carbocycles. The molecule has 2 aliphatic rings. The number of fused-ring (bicyclic) bond motifs is 10. The molecule has 3 aromatic heterocycles. The molecule has 0 unspecified atom stereocenters. The van der Waals surface area contributed by atoms with Crippen LogP contribution in [0.3, 0.4) is 0 Å². The van der Waals surface area contributed by atoms with Gasteiger partial charge < -0.3 is 9.13 Å². The van der Waals surface area contributed by atoms with Crippen LogP contribution in [0.15, 0.2) is 116 Å². The van der Waals surface area contributed by atoms with Crippen LogP contribution in [0.1, 0.15) is 211 Å². The molecule has 0 atom stereocenters. The molecule has 0 fully saturated rings. The molecule has 0 N–H and O–H groups in total. The average molecular weight is 1100 g/mol. The van der Waals surface area contributed by atoms with Gasteiger partial charge in [-0.05, 0) is 157 Å². The van der Waals surface area contributed by atoms with E-state index in [4.69, 9.17) is 4.98 Å². The molecular weight excluding hydrogens is 1000 g/mol. The van der Waals surface area contributed by atoms with E-state index in [1.165, 1.54) is 138 Å². The Morgan fingerprint density at radius 1 is 0.337 bits per heavy atom. The van der Waals surface area contributed by atoms with Crippen LogP contribution in [0, 0.1) is 0 Å². The number of hydrogen-bond acceptors (Lipinski definition) is 2. The van der Waals surface area contributed by atoms with Crippen LogP contribution in [0.2, 0.25) is 0 Å². The van der Waals surface area contributed by atoms with E-state index >= 15 is 0 Å². The lowest BCUT2D eigenvalue weighted by Crippen LogP contribution is -2.59. The normalized spacial score (nSPS) is 14.2. The Balaban J connectivity index is 1.35. The minimum Gasteiger partial charge on any atom is -0.310 e. The molecule has 0 radical (unpaired) electrons. The summed E-state index contributed by atoms with van der Waals surface area (Å²) in [4.78, 5) is 9.55. The number of rotatable bonds is 3. The van der Waals surface area contributed by atoms with Gasteiger partial charge in [0.2, 0.25) is 0 Å². The Labute approximate surface area is 497 Å². The van der Waals surface area contributed by atoms with Gasteiger partial charge in [0.1, 0.15) is 6.33 Å². The van der Waals surface area contributed by atoms with Crippen LogP contribution >= 0.6 is 0 Å². The lowest BCUT2D eigenvalue weighted by atomic mass is 9.34. The molecule has 0 spiro atoms. The number of hydrogen-bond donors (Lipinski definition) is 0. The predicted octanol–water partition coefficient (Wildman–Crippen LogP) is 19.2. The smallest absolute Gasteiger partial charge is 0.252 e. The third-order valence-corrected chi connectivity index (χ3v) is 18.8. The summed E-state index contributed by atoms with van der Waals surface area (Å²) in [6, 6.07) is 42.4. The lowest BCUT2D eigenvalue weighted by Gasteiger charge is -2.35. The monoisotopic (exact) mass is 1090 g/mol. The summed E-state index contributed by atoms with van der Waals surface area (Å²) < 4.78 is 5.45. The van der Waals surface area contributed by atoms with Gasteiger partial charge >= 0.3 is 0 Å². The Morgan fingerprint density at radius 3 is 1.00 bits per heavy atom. The topological polar surface area (TPSA) is 35.6 Å². The maximum atomic E-state index is 5.07. The lowest BCUT2D eigenvalue weighted by molar-refractivity contribution is 0.568. The summed E-state index contributed by atoms with van der Waals surface area (Å²) in [7, 11) is 0. The predicted molar refractivity (Wildman–Crippen MR) is 361 cm³/mol. The van der Waals surface area contributed by atoms with Crippen molar-refractivity contribution in [1.29, 1.82) is 0 Å². The van der Waals surface area contributed by atoms with Crippen molar-refractivity contribution in [3.8, 4) is 44.9 Å². The molecule has 426 valence electrons. The zero-order valence-corrected chi connectivity index (χ0v) is 54.8. The second kappa shape index (κ2) is 17.9. The molecule has 12 rings (SSSR count). The van der Waals surface area contributed by atoms with E-state index in [0.29, 0.717) is 0 Å². The van der Waals surface area contributed by atoms with Crippen molar-refractivity contribution in [3.63, 3.8) is 0 Å². The van der Waals surface area contributed by atoms with Gasteiger partial charge in [-0.25, -0.2) is 9.97 Å². The highest BCUT2D eigenvalue weighted by Crippen LogP contribution is 2.51. The molecule has 0 amide bonds. The van der Waals surface area contributed by atoms with E-state index < -0.39 is 0 Å².